The lowest BCUT2D eigenvalue weighted by molar-refractivity contribution is -0.384. The van der Waals surface area contributed by atoms with Crippen LogP contribution < -0.4 is 0 Å². The number of non-ortho nitro benzene ring substituents is 1. The summed E-state index contributed by atoms with van der Waals surface area (Å²) >= 11 is 6.12. The fraction of sp³-hybridized carbons (Fsp3) is 0.538. The quantitative estimate of drug-likeness (QED) is 0.629. The van der Waals surface area contributed by atoms with Crippen LogP contribution in [-0.4, -0.2) is 47.9 Å². The fourth-order valence-corrected chi connectivity index (χ4v) is 2.59. The van der Waals surface area contributed by atoms with Crippen molar-refractivity contribution in [2.24, 2.45) is 0 Å². The molecule has 0 bridgehead atoms. The Hall–Kier alpha value is -1.17. The number of hydrogen-bond acceptors (Lipinski definition) is 4. The molecule has 19 heavy (non-hydrogen) atoms. The summed E-state index contributed by atoms with van der Waals surface area (Å²) in [5.41, 5.74) is 0.929. The van der Waals surface area contributed by atoms with E-state index in [1.165, 1.54) is 6.07 Å². The van der Waals surface area contributed by atoms with Crippen LogP contribution >= 0.6 is 11.6 Å². The van der Waals surface area contributed by atoms with Crippen LogP contribution in [0.15, 0.2) is 18.2 Å². The van der Waals surface area contributed by atoms with Crippen LogP contribution in [0.2, 0.25) is 5.02 Å². The van der Waals surface area contributed by atoms with E-state index in [4.69, 9.17) is 11.6 Å². The third-order valence-electron chi connectivity index (χ3n) is 3.61. The van der Waals surface area contributed by atoms with Gasteiger partial charge in [0, 0.05) is 42.8 Å². The second-order valence-electron chi connectivity index (χ2n) is 5.17. The number of rotatable bonds is 4. The minimum Gasteiger partial charge on any atom is -0.305 e. The van der Waals surface area contributed by atoms with Gasteiger partial charge in [-0.3, -0.25) is 15.0 Å². The van der Waals surface area contributed by atoms with E-state index in [1.807, 2.05) is 0 Å². The van der Waals surface area contributed by atoms with Crippen molar-refractivity contribution in [3.8, 4) is 0 Å². The molecule has 104 valence electrons. The Morgan fingerprint density at radius 3 is 2.84 bits per heavy atom. The van der Waals surface area contributed by atoms with E-state index in [1.54, 1.807) is 12.1 Å². The highest BCUT2D eigenvalue weighted by molar-refractivity contribution is 6.31. The normalized spacial score (nSPS) is 20.1. The Morgan fingerprint density at radius 1 is 1.53 bits per heavy atom. The number of halogens is 1. The maximum atomic E-state index is 10.8. The third kappa shape index (κ3) is 3.43. The van der Waals surface area contributed by atoms with Crippen LogP contribution in [0.25, 0.3) is 0 Å². The topological polar surface area (TPSA) is 49.6 Å². The molecule has 0 spiro atoms. The summed E-state index contributed by atoms with van der Waals surface area (Å²) in [6.07, 6.45) is 1.12. The largest absolute Gasteiger partial charge is 0.305 e. The Morgan fingerprint density at radius 2 is 2.26 bits per heavy atom. The molecule has 1 fully saturated rings. The van der Waals surface area contributed by atoms with E-state index in [9.17, 15) is 10.1 Å². The molecular weight excluding hydrogens is 266 g/mol. The van der Waals surface area contributed by atoms with E-state index >= 15 is 0 Å². The molecule has 1 heterocycles. The van der Waals surface area contributed by atoms with E-state index in [0.717, 1.165) is 25.1 Å². The Bertz CT molecular complexity index is 479. The summed E-state index contributed by atoms with van der Waals surface area (Å²) < 4.78 is 0. The van der Waals surface area contributed by atoms with Crippen LogP contribution in [-0.2, 0) is 6.54 Å². The van der Waals surface area contributed by atoms with Gasteiger partial charge in [0.15, 0.2) is 0 Å². The smallest absolute Gasteiger partial charge is 0.269 e. The van der Waals surface area contributed by atoms with Gasteiger partial charge in [-0.05, 0) is 32.1 Å². The van der Waals surface area contributed by atoms with Crippen LogP contribution in [0.3, 0.4) is 0 Å². The number of nitro benzene ring substituents is 1. The number of hydrogen-bond donors (Lipinski definition) is 0. The van der Waals surface area contributed by atoms with E-state index in [2.05, 4.69) is 23.9 Å². The summed E-state index contributed by atoms with van der Waals surface area (Å²) in [5.74, 6) is 0. The van der Waals surface area contributed by atoms with Gasteiger partial charge in [-0.1, -0.05) is 11.6 Å². The Balaban J connectivity index is 2.07. The van der Waals surface area contributed by atoms with Gasteiger partial charge in [-0.25, -0.2) is 0 Å². The van der Waals surface area contributed by atoms with Gasteiger partial charge in [-0.2, -0.15) is 0 Å². The minimum absolute atomic E-state index is 0.0998. The first-order valence-corrected chi connectivity index (χ1v) is 6.67. The number of nitro groups is 1. The summed E-state index contributed by atoms with van der Waals surface area (Å²) in [7, 11) is 4.16. The van der Waals surface area contributed by atoms with Crippen molar-refractivity contribution in [2.45, 2.75) is 19.0 Å². The average molecular weight is 284 g/mol. The van der Waals surface area contributed by atoms with Gasteiger partial charge in [0.05, 0.1) is 4.92 Å². The molecule has 0 saturated carbocycles. The molecule has 1 aromatic rings. The highest BCUT2D eigenvalue weighted by Crippen LogP contribution is 2.25. The summed E-state index contributed by atoms with van der Waals surface area (Å²) in [4.78, 5) is 14.9. The van der Waals surface area contributed by atoms with Crippen LogP contribution in [0, 0.1) is 10.1 Å². The first kappa shape index (κ1) is 14.2. The standard InChI is InChI=1S/C13H18ClN3O2/c1-15(2)12-5-6-16(9-12)8-10-7-11(17(18)19)3-4-13(10)14/h3-4,7,12H,5-6,8-9H2,1-2H3/t12-/m0/s1. The first-order valence-electron chi connectivity index (χ1n) is 6.29. The second-order valence-corrected chi connectivity index (χ2v) is 5.58. The molecule has 0 amide bonds. The molecule has 1 atom stereocenters. The minimum atomic E-state index is -0.383. The van der Waals surface area contributed by atoms with Crippen molar-refractivity contribution >= 4 is 17.3 Å². The van der Waals surface area contributed by atoms with Gasteiger partial charge in [-0.15, -0.1) is 0 Å². The van der Waals surface area contributed by atoms with Crippen molar-refractivity contribution in [2.75, 3.05) is 27.2 Å². The van der Waals surface area contributed by atoms with Crippen molar-refractivity contribution in [1.82, 2.24) is 9.80 Å². The van der Waals surface area contributed by atoms with Crippen LogP contribution in [0.4, 0.5) is 5.69 Å². The molecule has 1 aliphatic rings. The second kappa shape index (κ2) is 5.86. The third-order valence-corrected chi connectivity index (χ3v) is 3.98. The Labute approximate surface area is 117 Å². The lowest BCUT2D eigenvalue weighted by Crippen LogP contribution is -2.31. The lowest BCUT2D eigenvalue weighted by atomic mass is 10.2. The molecule has 0 radical (unpaired) electrons. The highest BCUT2D eigenvalue weighted by Gasteiger charge is 2.24. The van der Waals surface area contributed by atoms with Gasteiger partial charge in [0.1, 0.15) is 0 Å². The lowest BCUT2D eigenvalue weighted by Gasteiger charge is -2.20. The van der Waals surface area contributed by atoms with E-state index in [-0.39, 0.29) is 10.6 Å². The molecule has 6 heteroatoms. The van der Waals surface area contributed by atoms with Gasteiger partial charge >= 0.3 is 0 Å². The molecule has 0 aromatic heterocycles. The predicted octanol–water partition coefficient (Wildman–Crippen LogP) is 2.38. The molecule has 2 rings (SSSR count). The molecule has 1 saturated heterocycles. The van der Waals surface area contributed by atoms with Gasteiger partial charge in [0.25, 0.3) is 5.69 Å². The number of benzene rings is 1. The zero-order valence-corrected chi connectivity index (χ0v) is 11.9. The van der Waals surface area contributed by atoms with Crippen molar-refractivity contribution in [3.05, 3.63) is 38.9 Å². The van der Waals surface area contributed by atoms with E-state index in [0.29, 0.717) is 17.6 Å². The van der Waals surface area contributed by atoms with E-state index < -0.39 is 0 Å². The monoisotopic (exact) mass is 283 g/mol. The molecule has 5 nitrogen and oxygen atoms in total. The van der Waals surface area contributed by atoms with Crippen LogP contribution in [0.1, 0.15) is 12.0 Å². The molecule has 1 aromatic carbocycles. The number of nitrogens with zero attached hydrogens (tertiary/aromatic N) is 3. The maximum Gasteiger partial charge on any atom is 0.269 e. The van der Waals surface area contributed by atoms with Crippen molar-refractivity contribution in [1.29, 1.82) is 0 Å². The van der Waals surface area contributed by atoms with Crippen LogP contribution in [0.5, 0.6) is 0 Å². The van der Waals surface area contributed by atoms with Crippen molar-refractivity contribution in [3.63, 3.8) is 0 Å². The molecular formula is C13H18ClN3O2. The molecule has 0 unspecified atom stereocenters. The first-order chi connectivity index (χ1) is 8.97. The highest BCUT2D eigenvalue weighted by atomic mass is 35.5. The molecule has 0 N–H and O–H groups in total. The number of likely N-dealkylation sites (N-methyl/N-ethyl adjacent to an activating group) is 1. The predicted molar refractivity (Wildman–Crippen MR) is 75.5 cm³/mol. The maximum absolute atomic E-state index is 10.8. The SMILES string of the molecule is CN(C)[C@H]1CCN(Cc2cc([N+](=O)[O-])ccc2Cl)C1. The van der Waals surface area contributed by atoms with Gasteiger partial charge in [0.2, 0.25) is 0 Å². The molecule has 1 aliphatic heterocycles. The fourth-order valence-electron chi connectivity index (χ4n) is 2.41. The Kier molecular flexibility index (Phi) is 4.39. The van der Waals surface area contributed by atoms with Crippen molar-refractivity contribution < 1.29 is 4.92 Å². The van der Waals surface area contributed by atoms with Gasteiger partial charge < -0.3 is 4.90 Å². The summed E-state index contributed by atoms with van der Waals surface area (Å²) in [5, 5.41) is 11.4. The average Bonchev–Trinajstić information content (AvgIpc) is 2.80. The molecule has 0 aliphatic carbocycles. The zero-order chi connectivity index (χ0) is 14.0. The summed E-state index contributed by atoms with van der Waals surface area (Å²) in [6, 6.07) is 5.18. The number of likely N-dealkylation sites (tertiary alicyclic amines) is 1. The summed E-state index contributed by atoms with van der Waals surface area (Å²) in [6.45, 7) is 2.65. The zero-order valence-electron chi connectivity index (χ0n) is 11.2.